The van der Waals surface area contributed by atoms with Crippen LogP contribution in [0.5, 0.6) is 11.6 Å². The van der Waals surface area contributed by atoms with Gasteiger partial charge in [0.15, 0.2) is 5.82 Å². The number of anilines is 1. The number of piperidine rings is 1. The van der Waals surface area contributed by atoms with Gasteiger partial charge in [0.2, 0.25) is 5.91 Å². The maximum atomic E-state index is 12.3. The number of benzene rings is 1. The molecule has 0 unspecified atom stereocenters. The summed E-state index contributed by atoms with van der Waals surface area (Å²) in [5.74, 6) is 2.13. The van der Waals surface area contributed by atoms with Gasteiger partial charge in [0.25, 0.3) is 5.88 Å². The maximum absolute atomic E-state index is 12.3. The fraction of sp³-hybridized carbons (Fsp3) is 0.476. The molecule has 1 aromatic carbocycles. The lowest BCUT2D eigenvalue weighted by atomic mass is 9.96. The summed E-state index contributed by atoms with van der Waals surface area (Å²) in [6.07, 6.45) is 5.72. The van der Waals surface area contributed by atoms with E-state index in [1.807, 2.05) is 31.2 Å². The molecule has 0 saturated carbocycles. The number of hydrogen-bond acceptors (Lipinski definition) is 6. The third kappa shape index (κ3) is 5.42. The van der Waals surface area contributed by atoms with Crippen LogP contribution in [0, 0.1) is 12.8 Å². The summed E-state index contributed by atoms with van der Waals surface area (Å²) >= 11 is 0. The van der Waals surface area contributed by atoms with Crippen molar-refractivity contribution in [3.05, 3.63) is 42.2 Å². The van der Waals surface area contributed by atoms with Crippen molar-refractivity contribution < 1.29 is 14.3 Å². The number of carbonyl (C=O) groups is 1. The smallest absolute Gasteiger partial charge is 0.263 e. The van der Waals surface area contributed by atoms with E-state index < -0.39 is 0 Å². The van der Waals surface area contributed by atoms with E-state index in [0.717, 1.165) is 49.5 Å². The van der Waals surface area contributed by atoms with Gasteiger partial charge in [0.05, 0.1) is 0 Å². The standard InChI is InChI=1S/C21H28N4O3/c1-16-5-3-6-18(15-16)28-21-19(22-10-11-24-21)25-12-7-17(8-13-25)20(26)23-9-4-14-27-2/h3,5-6,10-11,15,17H,4,7-9,12-14H2,1-2H3,(H,23,26). The molecule has 0 bridgehead atoms. The number of carbonyl (C=O) groups excluding carboxylic acids is 1. The van der Waals surface area contributed by atoms with E-state index in [0.29, 0.717) is 19.0 Å². The normalized spacial score (nSPS) is 14.7. The summed E-state index contributed by atoms with van der Waals surface area (Å²) < 4.78 is 11.0. The number of methoxy groups -OCH3 is 1. The Kier molecular flexibility index (Phi) is 7.19. The SMILES string of the molecule is COCCCNC(=O)C1CCN(c2nccnc2Oc2cccc(C)c2)CC1. The number of rotatable bonds is 8. The minimum Gasteiger partial charge on any atom is -0.436 e. The number of nitrogens with one attached hydrogen (secondary N) is 1. The van der Waals surface area contributed by atoms with E-state index in [9.17, 15) is 4.79 Å². The highest BCUT2D eigenvalue weighted by Gasteiger charge is 2.27. The molecule has 1 saturated heterocycles. The van der Waals surface area contributed by atoms with Crippen LogP contribution in [0.4, 0.5) is 5.82 Å². The second-order valence-corrected chi connectivity index (χ2v) is 7.00. The molecule has 1 aliphatic rings. The van der Waals surface area contributed by atoms with E-state index >= 15 is 0 Å². The molecule has 1 amide bonds. The molecular formula is C21H28N4O3. The summed E-state index contributed by atoms with van der Waals surface area (Å²) in [5, 5.41) is 3.00. The molecule has 3 rings (SSSR count). The predicted molar refractivity (Wildman–Crippen MR) is 108 cm³/mol. The number of aryl methyl sites for hydroxylation is 1. The zero-order valence-corrected chi connectivity index (χ0v) is 16.6. The van der Waals surface area contributed by atoms with Crippen molar-refractivity contribution in [3.8, 4) is 11.6 Å². The van der Waals surface area contributed by atoms with Crippen LogP contribution in [0.2, 0.25) is 0 Å². The maximum Gasteiger partial charge on any atom is 0.263 e. The highest BCUT2D eigenvalue weighted by Crippen LogP contribution is 2.31. The van der Waals surface area contributed by atoms with Gasteiger partial charge >= 0.3 is 0 Å². The molecule has 1 N–H and O–H groups in total. The van der Waals surface area contributed by atoms with E-state index in [4.69, 9.17) is 9.47 Å². The summed E-state index contributed by atoms with van der Waals surface area (Å²) in [7, 11) is 1.67. The van der Waals surface area contributed by atoms with Crippen LogP contribution in [0.3, 0.4) is 0 Å². The molecule has 0 atom stereocenters. The van der Waals surface area contributed by atoms with Crippen LogP contribution >= 0.6 is 0 Å². The first-order valence-corrected chi connectivity index (χ1v) is 9.74. The van der Waals surface area contributed by atoms with Gasteiger partial charge in [-0.25, -0.2) is 9.97 Å². The molecule has 0 spiro atoms. The van der Waals surface area contributed by atoms with Gasteiger partial charge < -0.3 is 19.7 Å². The van der Waals surface area contributed by atoms with Gasteiger partial charge in [-0.05, 0) is 43.9 Å². The Balaban J connectivity index is 1.58. The predicted octanol–water partition coefficient (Wildman–Crippen LogP) is 2.95. The molecule has 7 heteroatoms. The third-order valence-electron chi connectivity index (χ3n) is 4.84. The highest BCUT2D eigenvalue weighted by atomic mass is 16.5. The number of nitrogens with zero attached hydrogens (tertiary/aromatic N) is 3. The number of amides is 1. The first-order valence-electron chi connectivity index (χ1n) is 9.74. The lowest BCUT2D eigenvalue weighted by Gasteiger charge is -2.32. The van der Waals surface area contributed by atoms with Crippen LogP contribution in [-0.4, -0.2) is 49.2 Å². The number of hydrogen-bond donors (Lipinski definition) is 1. The average Bonchev–Trinajstić information content (AvgIpc) is 2.72. The Labute approximate surface area is 166 Å². The Bertz CT molecular complexity index is 776. The van der Waals surface area contributed by atoms with Crippen molar-refractivity contribution in [3.63, 3.8) is 0 Å². The van der Waals surface area contributed by atoms with Crippen molar-refractivity contribution >= 4 is 11.7 Å². The summed E-state index contributed by atoms with van der Waals surface area (Å²) in [6, 6.07) is 7.86. The summed E-state index contributed by atoms with van der Waals surface area (Å²) in [6.45, 7) is 4.84. The second kappa shape index (κ2) is 10.0. The van der Waals surface area contributed by atoms with Crippen LogP contribution in [-0.2, 0) is 9.53 Å². The lowest BCUT2D eigenvalue weighted by molar-refractivity contribution is -0.125. The molecule has 2 aromatic rings. The molecular weight excluding hydrogens is 356 g/mol. The third-order valence-corrected chi connectivity index (χ3v) is 4.84. The fourth-order valence-corrected chi connectivity index (χ4v) is 3.32. The van der Waals surface area contributed by atoms with Crippen molar-refractivity contribution in [2.45, 2.75) is 26.2 Å². The largest absolute Gasteiger partial charge is 0.436 e. The molecule has 150 valence electrons. The van der Waals surface area contributed by atoms with E-state index in [-0.39, 0.29) is 11.8 Å². The molecule has 1 aromatic heterocycles. The fourth-order valence-electron chi connectivity index (χ4n) is 3.32. The lowest BCUT2D eigenvalue weighted by Crippen LogP contribution is -2.41. The van der Waals surface area contributed by atoms with E-state index in [2.05, 4.69) is 20.2 Å². The average molecular weight is 384 g/mol. The number of aromatic nitrogens is 2. The zero-order chi connectivity index (χ0) is 19.8. The molecule has 0 aliphatic carbocycles. The Morgan fingerprint density at radius 2 is 2.04 bits per heavy atom. The summed E-state index contributed by atoms with van der Waals surface area (Å²) in [4.78, 5) is 23.3. The molecule has 28 heavy (non-hydrogen) atoms. The molecule has 2 heterocycles. The van der Waals surface area contributed by atoms with Crippen molar-refractivity contribution in [1.82, 2.24) is 15.3 Å². The van der Waals surface area contributed by atoms with E-state index in [1.54, 1.807) is 19.5 Å². The molecule has 0 radical (unpaired) electrons. The minimum absolute atomic E-state index is 0.0385. The second-order valence-electron chi connectivity index (χ2n) is 7.00. The van der Waals surface area contributed by atoms with Crippen LogP contribution in [0.25, 0.3) is 0 Å². The van der Waals surface area contributed by atoms with E-state index in [1.165, 1.54) is 0 Å². The van der Waals surface area contributed by atoms with Crippen LogP contribution < -0.4 is 15.0 Å². The van der Waals surface area contributed by atoms with Gasteiger partial charge in [0.1, 0.15) is 5.75 Å². The summed E-state index contributed by atoms with van der Waals surface area (Å²) in [5.41, 5.74) is 1.13. The Hall–Kier alpha value is -2.67. The molecule has 7 nitrogen and oxygen atoms in total. The quantitative estimate of drug-likeness (QED) is 0.705. The van der Waals surface area contributed by atoms with Crippen molar-refractivity contribution in [2.24, 2.45) is 5.92 Å². The van der Waals surface area contributed by atoms with Crippen LogP contribution in [0.1, 0.15) is 24.8 Å². The van der Waals surface area contributed by atoms with Gasteiger partial charge in [0, 0.05) is 51.7 Å². The van der Waals surface area contributed by atoms with Crippen LogP contribution in [0.15, 0.2) is 36.7 Å². The Morgan fingerprint density at radius 3 is 2.79 bits per heavy atom. The van der Waals surface area contributed by atoms with Gasteiger partial charge in [-0.2, -0.15) is 0 Å². The monoisotopic (exact) mass is 384 g/mol. The molecule has 1 fully saturated rings. The first-order chi connectivity index (χ1) is 13.7. The van der Waals surface area contributed by atoms with Gasteiger partial charge in [-0.1, -0.05) is 12.1 Å². The van der Waals surface area contributed by atoms with Gasteiger partial charge in [-0.15, -0.1) is 0 Å². The Morgan fingerprint density at radius 1 is 1.25 bits per heavy atom. The minimum atomic E-state index is 0.0385. The van der Waals surface area contributed by atoms with Gasteiger partial charge in [-0.3, -0.25) is 4.79 Å². The zero-order valence-electron chi connectivity index (χ0n) is 16.6. The topological polar surface area (TPSA) is 76.6 Å². The van der Waals surface area contributed by atoms with Crippen molar-refractivity contribution in [1.29, 1.82) is 0 Å². The molecule has 1 aliphatic heterocycles. The highest BCUT2D eigenvalue weighted by molar-refractivity contribution is 5.79. The number of ether oxygens (including phenoxy) is 2. The van der Waals surface area contributed by atoms with Crippen molar-refractivity contribution in [2.75, 3.05) is 38.3 Å². The first kappa shape index (κ1) is 20.1.